The Morgan fingerprint density at radius 2 is 1.98 bits per heavy atom. The van der Waals surface area contributed by atoms with E-state index in [2.05, 4.69) is 46.9 Å². The van der Waals surface area contributed by atoms with Crippen molar-refractivity contribution in [2.75, 3.05) is 37.5 Å². The van der Waals surface area contributed by atoms with Gasteiger partial charge in [0.2, 0.25) is 0 Å². The van der Waals surface area contributed by atoms with Crippen LogP contribution in [0.3, 0.4) is 0 Å². The Labute approximate surface area is 307 Å². The second kappa shape index (κ2) is 15.7. The topological polar surface area (TPSA) is 73.8 Å². The summed E-state index contributed by atoms with van der Waals surface area (Å²) in [4.78, 5) is 24.5. The first-order valence-corrected chi connectivity index (χ1v) is 19.5. The number of methoxy groups -OCH3 is 1. The number of esters is 1. The Bertz CT molecular complexity index is 1680. The van der Waals surface area contributed by atoms with Crippen molar-refractivity contribution in [2.24, 2.45) is 17.8 Å². The predicted octanol–water partition coefficient (Wildman–Crippen LogP) is 9.36. The minimum atomic E-state index is -0.580. The highest BCUT2D eigenvalue weighted by molar-refractivity contribution is 7.99. The van der Waals surface area contributed by atoms with Gasteiger partial charge in [0.05, 0.1) is 24.0 Å². The molecule has 3 aromatic rings. The van der Waals surface area contributed by atoms with Crippen LogP contribution in [0.4, 0.5) is 5.69 Å². The molecule has 0 saturated heterocycles. The molecule has 0 N–H and O–H groups in total. The van der Waals surface area contributed by atoms with Gasteiger partial charge in [0.25, 0.3) is 0 Å². The number of halogens is 1. The summed E-state index contributed by atoms with van der Waals surface area (Å²) >= 11 is 8.19. The lowest BCUT2D eigenvalue weighted by Gasteiger charge is -2.46. The highest BCUT2D eigenvalue weighted by Crippen LogP contribution is 2.47. The fourth-order valence-corrected chi connectivity index (χ4v) is 9.24. The number of carbonyl (C=O) groups is 1. The molecule has 1 spiro atoms. The van der Waals surface area contributed by atoms with Crippen LogP contribution in [0.5, 0.6) is 5.75 Å². The zero-order valence-corrected chi connectivity index (χ0v) is 32.0. The number of hydrogen-bond acceptors (Lipinski definition) is 8. The molecule has 3 aliphatic rings. The quantitative estimate of drug-likeness (QED) is 0.0841. The third-order valence-electron chi connectivity index (χ3n) is 10.6. The van der Waals surface area contributed by atoms with Crippen molar-refractivity contribution >= 4 is 35.0 Å². The van der Waals surface area contributed by atoms with Crippen LogP contribution in [-0.2, 0) is 21.3 Å². The first-order valence-electron chi connectivity index (χ1n) is 18.1. The van der Waals surface area contributed by atoms with Crippen LogP contribution in [0, 0.1) is 17.8 Å². The van der Waals surface area contributed by atoms with Crippen LogP contribution in [0.25, 0.3) is 0 Å². The average Bonchev–Trinajstić information content (AvgIpc) is 3.21. The van der Waals surface area contributed by atoms with Gasteiger partial charge in [-0.15, -0.1) is 0 Å². The van der Waals surface area contributed by atoms with E-state index in [0.29, 0.717) is 29.9 Å². The van der Waals surface area contributed by atoms with E-state index in [1.807, 2.05) is 58.2 Å². The van der Waals surface area contributed by atoms with Gasteiger partial charge in [0, 0.05) is 48.8 Å². The molecule has 1 fully saturated rings. The number of fused-ring (bicyclic) bond motifs is 3. The number of ether oxygens (including phenoxy) is 3. The molecule has 2 aliphatic carbocycles. The number of allylic oxidation sites excluding steroid dienone is 1. The number of thioether (sulfide) groups is 1. The summed E-state index contributed by atoms with van der Waals surface area (Å²) in [6.45, 7) is 12.5. The summed E-state index contributed by atoms with van der Waals surface area (Å²) in [6, 6.07) is 14.0. The van der Waals surface area contributed by atoms with Crippen LogP contribution in [-0.4, -0.2) is 60.2 Å². The molecule has 5 atom stereocenters. The molecule has 1 aromatic heterocycles. The molecule has 9 heteroatoms. The van der Waals surface area contributed by atoms with Crippen molar-refractivity contribution in [3.63, 3.8) is 0 Å². The monoisotopic (exact) mass is 717 g/mol. The number of carbonyl (C=O) groups excluding carboxylic acids is 1. The molecule has 2 heterocycles. The Morgan fingerprint density at radius 1 is 1.18 bits per heavy atom. The van der Waals surface area contributed by atoms with E-state index in [1.165, 1.54) is 16.7 Å². The third kappa shape index (κ3) is 8.51. The van der Waals surface area contributed by atoms with Crippen molar-refractivity contribution in [3.8, 4) is 5.75 Å². The maximum atomic E-state index is 13.3. The Kier molecular flexibility index (Phi) is 11.5. The summed E-state index contributed by atoms with van der Waals surface area (Å²) in [6.07, 6.45) is 12.5. The minimum absolute atomic E-state index is 0.0589. The maximum absolute atomic E-state index is 13.3. The van der Waals surface area contributed by atoms with Crippen LogP contribution in [0.15, 0.2) is 71.7 Å². The molecule has 1 unspecified atom stereocenters. The van der Waals surface area contributed by atoms with E-state index < -0.39 is 5.60 Å². The molecule has 50 heavy (non-hydrogen) atoms. The largest absolute Gasteiger partial charge is 0.490 e. The summed E-state index contributed by atoms with van der Waals surface area (Å²) < 4.78 is 18.7. The highest BCUT2D eigenvalue weighted by atomic mass is 35.5. The van der Waals surface area contributed by atoms with Crippen LogP contribution in [0.2, 0.25) is 5.02 Å². The molecule has 0 bridgehead atoms. The molecule has 268 valence electrons. The number of aryl methyl sites for hydroxylation is 1. The van der Waals surface area contributed by atoms with E-state index in [9.17, 15) is 4.79 Å². The van der Waals surface area contributed by atoms with Crippen molar-refractivity contribution in [1.29, 1.82) is 0 Å². The van der Waals surface area contributed by atoms with E-state index in [4.69, 9.17) is 25.8 Å². The van der Waals surface area contributed by atoms with E-state index in [1.54, 1.807) is 24.2 Å². The lowest BCUT2D eigenvalue weighted by Crippen LogP contribution is -2.50. The number of aromatic nitrogens is 2. The molecule has 1 saturated carbocycles. The summed E-state index contributed by atoms with van der Waals surface area (Å²) in [5.41, 5.74) is 4.70. The first kappa shape index (κ1) is 36.7. The van der Waals surface area contributed by atoms with Crippen LogP contribution >= 0.6 is 23.4 Å². The number of hydrogen-bond donors (Lipinski definition) is 0. The maximum Gasteiger partial charge on any atom is 0.338 e. The molecule has 2 aromatic carbocycles. The predicted molar refractivity (Wildman–Crippen MR) is 203 cm³/mol. The number of benzene rings is 2. The Balaban J connectivity index is 1.24. The lowest BCUT2D eigenvalue weighted by atomic mass is 9.67. The zero-order valence-electron chi connectivity index (χ0n) is 30.4. The fourth-order valence-electron chi connectivity index (χ4n) is 8.10. The van der Waals surface area contributed by atoms with Gasteiger partial charge in [-0.05, 0) is 137 Å². The van der Waals surface area contributed by atoms with Gasteiger partial charge in [-0.2, -0.15) is 0 Å². The normalized spacial score (nSPS) is 23.2. The molecule has 0 amide bonds. The van der Waals surface area contributed by atoms with Crippen LogP contribution in [0.1, 0.15) is 88.2 Å². The highest BCUT2D eigenvalue weighted by Gasteiger charge is 2.45. The second-order valence-electron chi connectivity index (χ2n) is 15.5. The molecule has 6 rings (SSSR count). The lowest BCUT2D eigenvalue weighted by molar-refractivity contribution is 0.00601. The molecular weight excluding hydrogens is 666 g/mol. The number of rotatable bonds is 11. The van der Waals surface area contributed by atoms with Gasteiger partial charge in [-0.25, -0.2) is 14.8 Å². The zero-order chi connectivity index (χ0) is 35.5. The average molecular weight is 718 g/mol. The van der Waals surface area contributed by atoms with Gasteiger partial charge in [0.15, 0.2) is 5.16 Å². The smallest absolute Gasteiger partial charge is 0.338 e. The number of anilines is 1. The first-order chi connectivity index (χ1) is 23.9. The van der Waals surface area contributed by atoms with E-state index in [-0.39, 0.29) is 17.5 Å². The van der Waals surface area contributed by atoms with Crippen molar-refractivity contribution in [1.82, 2.24) is 9.97 Å². The van der Waals surface area contributed by atoms with Gasteiger partial charge in [-0.3, -0.25) is 0 Å². The van der Waals surface area contributed by atoms with E-state index >= 15 is 0 Å². The van der Waals surface area contributed by atoms with E-state index in [0.717, 1.165) is 79.0 Å². The van der Waals surface area contributed by atoms with Gasteiger partial charge >= 0.3 is 5.97 Å². The minimum Gasteiger partial charge on any atom is -0.490 e. The molecule has 0 radical (unpaired) electrons. The molecule has 1 aliphatic heterocycles. The Morgan fingerprint density at radius 3 is 2.70 bits per heavy atom. The Hall–Kier alpha value is -3.07. The van der Waals surface area contributed by atoms with Crippen molar-refractivity contribution < 1.29 is 19.0 Å². The summed E-state index contributed by atoms with van der Waals surface area (Å²) in [5.74, 6) is 2.73. The van der Waals surface area contributed by atoms with Crippen LogP contribution < -0.4 is 9.64 Å². The number of nitrogens with zero attached hydrogens (tertiary/aromatic N) is 3. The SMILES string of the molecule is CO[C@H](/C(C)=C/C(C)CCSc1ncccn1)[C@@H]1CC[C@H]1CN1C[C@@]2(CCCc3cc(Cl)ccc32)COc2ccc(C(=O)OC(C)(C)C)cc21. The standard InChI is InChI=1S/C41H52ClN3O4S/c1-27(16-20-50-39-43-18-8-19-44-39)21-28(2)37(47-6)33-13-10-31(33)24-45-25-41(17-7-9-29-22-32(42)12-14-34(29)41)26-48-36-15-11-30(23-35(36)45)38(46)49-40(3,4)5/h8,11-12,14-15,18-19,21-23,27,31,33,37H,7,9-10,13,16-17,20,24-26H2,1-6H3/b28-21+/t27?,31-,33+,37+,41-/m0/s1. The molecule has 7 nitrogen and oxygen atoms in total. The third-order valence-corrected chi connectivity index (χ3v) is 11.7. The summed E-state index contributed by atoms with van der Waals surface area (Å²) in [7, 11) is 1.85. The summed E-state index contributed by atoms with van der Waals surface area (Å²) in [5, 5.41) is 1.61. The van der Waals surface area contributed by atoms with Gasteiger partial charge < -0.3 is 19.1 Å². The van der Waals surface area contributed by atoms with Crippen molar-refractivity contribution in [3.05, 3.63) is 88.2 Å². The van der Waals surface area contributed by atoms with Gasteiger partial charge in [-0.1, -0.05) is 42.4 Å². The molecular formula is C41H52ClN3O4S. The van der Waals surface area contributed by atoms with Crippen molar-refractivity contribution in [2.45, 2.75) is 95.4 Å². The van der Waals surface area contributed by atoms with Gasteiger partial charge in [0.1, 0.15) is 11.4 Å². The fraction of sp³-hybridized carbons (Fsp3) is 0.537. The second-order valence-corrected chi connectivity index (χ2v) is 17.0.